The van der Waals surface area contributed by atoms with Crippen molar-refractivity contribution >= 4 is 28.7 Å². The molecule has 0 atom stereocenters. The number of hydrogen-bond acceptors (Lipinski definition) is 5. The summed E-state index contributed by atoms with van der Waals surface area (Å²) >= 11 is 0. The van der Waals surface area contributed by atoms with Crippen LogP contribution >= 0.6 is 0 Å². The van der Waals surface area contributed by atoms with E-state index in [-0.39, 0.29) is 18.0 Å². The molecule has 9 nitrogen and oxygen atoms in total. The first-order chi connectivity index (χ1) is 13.6. The molecule has 0 aliphatic heterocycles. The summed E-state index contributed by atoms with van der Waals surface area (Å²) in [5.74, 6) is -0.506. The standard InChI is InChI=1S/C19H20N6O3/c26-18(27)12-5-7-13(8-6-12)22-19(28)23-14-9-21-25(11-14)17-10-20-15-3-1-2-4-16(15)24-17/h1-4,9-13H,5-8H2,(H,26,27)(H2,22,23,28). The zero-order chi connectivity index (χ0) is 19.5. The number of rotatable bonds is 4. The first-order valence-electron chi connectivity index (χ1n) is 9.15. The number of amides is 2. The van der Waals surface area contributed by atoms with Crippen molar-refractivity contribution in [2.75, 3.05) is 5.32 Å². The second-order valence-corrected chi connectivity index (χ2v) is 6.88. The summed E-state index contributed by atoms with van der Waals surface area (Å²) in [4.78, 5) is 32.1. The van der Waals surface area contributed by atoms with Crippen molar-refractivity contribution in [3.05, 3.63) is 42.9 Å². The van der Waals surface area contributed by atoms with Gasteiger partial charge in [-0.3, -0.25) is 9.78 Å². The molecule has 2 aromatic heterocycles. The van der Waals surface area contributed by atoms with E-state index in [1.54, 1.807) is 17.1 Å². The van der Waals surface area contributed by atoms with Crippen LogP contribution in [0.25, 0.3) is 16.9 Å². The molecular formula is C19H20N6O3. The number of fused-ring (bicyclic) bond motifs is 1. The zero-order valence-electron chi connectivity index (χ0n) is 15.1. The smallest absolute Gasteiger partial charge is 0.319 e. The molecule has 1 aliphatic carbocycles. The van der Waals surface area contributed by atoms with Crippen LogP contribution in [0.5, 0.6) is 0 Å². The van der Waals surface area contributed by atoms with Gasteiger partial charge in [-0.1, -0.05) is 12.1 Å². The highest BCUT2D eigenvalue weighted by Gasteiger charge is 2.26. The van der Waals surface area contributed by atoms with Crippen molar-refractivity contribution in [3.63, 3.8) is 0 Å². The Bertz CT molecular complexity index is 1010. The van der Waals surface area contributed by atoms with Gasteiger partial charge in [0.05, 0.1) is 41.2 Å². The number of urea groups is 1. The number of anilines is 1. The number of nitrogens with zero attached hydrogens (tertiary/aromatic N) is 4. The number of nitrogens with one attached hydrogen (secondary N) is 2. The topological polar surface area (TPSA) is 122 Å². The van der Waals surface area contributed by atoms with Crippen LogP contribution in [0.4, 0.5) is 10.5 Å². The van der Waals surface area contributed by atoms with Crippen LogP contribution in [0.1, 0.15) is 25.7 Å². The second kappa shape index (κ2) is 7.63. The molecule has 0 unspecified atom stereocenters. The van der Waals surface area contributed by atoms with Crippen molar-refractivity contribution < 1.29 is 14.7 Å². The van der Waals surface area contributed by atoms with E-state index in [0.29, 0.717) is 37.2 Å². The Labute approximate surface area is 160 Å². The lowest BCUT2D eigenvalue weighted by molar-refractivity contribution is -0.142. The SMILES string of the molecule is O=C(Nc1cnn(-c2cnc3ccccc3n2)c1)NC1CCC(C(=O)O)CC1. The van der Waals surface area contributed by atoms with Crippen LogP contribution < -0.4 is 10.6 Å². The van der Waals surface area contributed by atoms with E-state index >= 15 is 0 Å². The van der Waals surface area contributed by atoms with E-state index in [1.165, 1.54) is 6.20 Å². The molecular weight excluding hydrogens is 360 g/mol. The Morgan fingerprint density at radius 2 is 1.82 bits per heavy atom. The number of hydrogen-bond donors (Lipinski definition) is 3. The Balaban J connectivity index is 1.36. The molecule has 2 amide bonds. The van der Waals surface area contributed by atoms with Gasteiger partial charge in [-0.15, -0.1) is 0 Å². The van der Waals surface area contributed by atoms with Crippen LogP contribution in [-0.4, -0.2) is 42.9 Å². The molecule has 4 rings (SSSR count). The highest BCUT2D eigenvalue weighted by atomic mass is 16.4. The van der Waals surface area contributed by atoms with Crippen LogP contribution in [0, 0.1) is 5.92 Å². The molecule has 3 N–H and O–H groups in total. The summed E-state index contributed by atoms with van der Waals surface area (Å²) in [5, 5.41) is 18.9. The molecule has 0 spiro atoms. The van der Waals surface area contributed by atoms with Gasteiger partial charge in [-0.2, -0.15) is 5.10 Å². The van der Waals surface area contributed by atoms with Crippen molar-refractivity contribution in [3.8, 4) is 5.82 Å². The minimum atomic E-state index is -0.757. The molecule has 1 aromatic carbocycles. The Morgan fingerprint density at radius 1 is 1.07 bits per heavy atom. The van der Waals surface area contributed by atoms with Crippen molar-refractivity contribution in [2.24, 2.45) is 5.92 Å². The number of carboxylic acids is 1. The average Bonchev–Trinajstić information content (AvgIpc) is 3.16. The largest absolute Gasteiger partial charge is 0.481 e. The van der Waals surface area contributed by atoms with Gasteiger partial charge in [-0.05, 0) is 37.8 Å². The normalized spacial score (nSPS) is 19.3. The number of carbonyl (C=O) groups is 2. The summed E-state index contributed by atoms with van der Waals surface area (Å²) in [6.07, 6.45) is 7.32. The Kier molecular flexibility index (Phi) is 4.88. The van der Waals surface area contributed by atoms with Crippen LogP contribution in [0.3, 0.4) is 0 Å². The van der Waals surface area contributed by atoms with Crippen LogP contribution in [0.2, 0.25) is 0 Å². The molecule has 1 aliphatic rings. The van der Waals surface area contributed by atoms with Crippen molar-refractivity contribution in [1.82, 2.24) is 25.1 Å². The quantitative estimate of drug-likeness (QED) is 0.639. The third-order valence-electron chi connectivity index (χ3n) is 4.92. The third kappa shape index (κ3) is 3.93. The predicted molar refractivity (Wildman–Crippen MR) is 102 cm³/mol. The molecule has 0 saturated heterocycles. The second-order valence-electron chi connectivity index (χ2n) is 6.88. The highest BCUT2D eigenvalue weighted by Crippen LogP contribution is 2.24. The van der Waals surface area contributed by atoms with Gasteiger partial charge in [0.25, 0.3) is 0 Å². The highest BCUT2D eigenvalue weighted by molar-refractivity contribution is 5.89. The van der Waals surface area contributed by atoms with Crippen LogP contribution in [0.15, 0.2) is 42.9 Å². The van der Waals surface area contributed by atoms with E-state index in [0.717, 1.165) is 11.0 Å². The van der Waals surface area contributed by atoms with Crippen LogP contribution in [-0.2, 0) is 4.79 Å². The van der Waals surface area contributed by atoms with Crippen molar-refractivity contribution in [1.29, 1.82) is 0 Å². The van der Waals surface area contributed by atoms with Gasteiger partial charge in [0, 0.05) is 6.04 Å². The summed E-state index contributed by atoms with van der Waals surface area (Å²) in [6.45, 7) is 0. The van der Waals surface area contributed by atoms with E-state index in [4.69, 9.17) is 5.11 Å². The molecule has 28 heavy (non-hydrogen) atoms. The van der Waals surface area contributed by atoms with Gasteiger partial charge >= 0.3 is 12.0 Å². The molecule has 0 bridgehead atoms. The minimum absolute atomic E-state index is 0.0167. The molecule has 2 heterocycles. The fourth-order valence-electron chi connectivity index (χ4n) is 3.41. The number of carbonyl (C=O) groups excluding carboxylic acids is 1. The minimum Gasteiger partial charge on any atom is -0.481 e. The summed E-state index contributed by atoms with van der Waals surface area (Å²) in [6, 6.07) is 7.21. The third-order valence-corrected chi connectivity index (χ3v) is 4.92. The van der Waals surface area contributed by atoms with Gasteiger partial charge in [-0.25, -0.2) is 14.5 Å². The van der Waals surface area contributed by atoms with E-state index in [2.05, 4.69) is 25.7 Å². The first-order valence-corrected chi connectivity index (χ1v) is 9.15. The maximum atomic E-state index is 12.2. The summed E-state index contributed by atoms with van der Waals surface area (Å²) in [7, 11) is 0. The summed E-state index contributed by atoms with van der Waals surface area (Å²) < 4.78 is 1.55. The maximum absolute atomic E-state index is 12.2. The Hall–Kier alpha value is -3.49. The first kappa shape index (κ1) is 17.9. The van der Waals surface area contributed by atoms with Gasteiger partial charge in [0.1, 0.15) is 0 Å². The van der Waals surface area contributed by atoms with E-state index in [1.807, 2.05) is 24.3 Å². The fourth-order valence-corrected chi connectivity index (χ4v) is 3.41. The average molecular weight is 380 g/mol. The molecule has 1 saturated carbocycles. The summed E-state index contributed by atoms with van der Waals surface area (Å²) in [5.41, 5.74) is 2.10. The molecule has 9 heteroatoms. The number of aliphatic carboxylic acids is 1. The number of para-hydroxylation sites is 2. The molecule has 0 radical (unpaired) electrons. The van der Waals surface area contributed by atoms with E-state index in [9.17, 15) is 9.59 Å². The fraction of sp³-hybridized carbons (Fsp3) is 0.316. The van der Waals surface area contributed by atoms with Gasteiger partial charge in [0.2, 0.25) is 0 Å². The number of aromatic nitrogens is 4. The maximum Gasteiger partial charge on any atom is 0.319 e. The number of carboxylic acid groups (broad SMARTS) is 1. The molecule has 1 fully saturated rings. The van der Waals surface area contributed by atoms with E-state index < -0.39 is 5.97 Å². The van der Waals surface area contributed by atoms with Gasteiger partial charge < -0.3 is 15.7 Å². The van der Waals surface area contributed by atoms with Crippen molar-refractivity contribution in [2.45, 2.75) is 31.7 Å². The lowest BCUT2D eigenvalue weighted by atomic mass is 9.86. The monoisotopic (exact) mass is 380 g/mol. The lowest BCUT2D eigenvalue weighted by Crippen LogP contribution is -2.40. The predicted octanol–water partition coefficient (Wildman–Crippen LogP) is 2.58. The lowest BCUT2D eigenvalue weighted by Gasteiger charge is -2.26. The molecule has 3 aromatic rings. The zero-order valence-corrected chi connectivity index (χ0v) is 15.1. The van der Waals surface area contributed by atoms with Gasteiger partial charge in [0.15, 0.2) is 5.82 Å². The Morgan fingerprint density at radius 3 is 2.57 bits per heavy atom. The number of benzene rings is 1. The molecule has 144 valence electrons.